The number of furan rings is 1. The van der Waals surface area contributed by atoms with Gasteiger partial charge < -0.3 is 15.9 Å². The molecule has 0 unspecified atom stereocenters. The van der Waals surface area contributed by atoms with Crippen LogP contribution in [0.5, 0.6) is 0 Å². The summed E-state index contributed by atoms with van der Waals surface area (Å²) in [6.07, 6.45) is 0. The van der Waals surface area contributed by atoms with Crippen molar-refractivity contribution in [1.29, 1.82) is 5.41 Å². The molecule has 5 heteroatoms. The second kappa shape index (κ2) is 15.8. The fourth-order valence-corrected chi connectivity index (χ4v) is 9.06. The van der Waals surface area contributed by atoms with Gasteiger partial charge in [-0.05, 0) is 92.7 Å². The van der Waals surface area contributed by atoms with Crippen molar-refractivity contribution in [2.45, 2.75) is 13.5 Å². The van der Waals surface area contributed by atoms with Crippen LogP contribution in [0, 0.1) is 12.3 Å². The Morgan fingerprint density at radius 1 is 0.517 bits per heavy atom. The molecule has 11 rings (SSSR count). The molecule has 0 radical (unpaired) electrons. The van der Waals surface area contributed by atoms with Gasteiger partial charge in [-0.2, -0.15) is 0 Å². The number of nitrogens with two attached hydrogens (primary N) is 2. The van der Waals surface area contributed by atoms with Crippen LogP contribution in [0.3, 0.4) is 0 Å². The Hall–Kier alpha value is -7.05. The Morgan fingerprint density at radius 2 is 1.17 bits per heavy atom. The predicted octanol–water partition coefficient (Wildman–Crippen LogP) is 14.0. The average molecular weight is 768 g/mol. The summed E-state index contributed by atoms with van der Waals surface area (Å²) in [6.45, 7) is 2.69. The molecule has 0 fully saturated rings. The number of fused-ring (bicyclic) bond motifs is 9. The zero-order chi connectivity index (χ0) is 39.6. The molecule has 58 heavy (non-hydrogen) atoms. The highest BCUT2D eigenvalue weighted by molar-refractivity contribution is 7.25. The summed E-state index contributed by atoms with van der Waals surface area (Å²) >= 11 is 1.84. The lowest BCUT2D eigenvalue weighted by Gasteiger charge is -2.11. The van der Waals surface area contributed by atoms with Crippen LogP contribution >= 0.6 is 11.3 Å². The fourth-order valence-electron chi connectivity index (χ4n) is 7.91. The van der Waals surface area contributed by atoms with Crippen molar-refractivity contribution in [2.24, 2.45) is 11.5 Å². The van der Waals surface area contributed by atoms with Crippen LogP contribution < -0.4 is 11.5 Å². The van der Waals surface area contributed by atoms with Crippen molar-refractivity contribution in [2.75, 3.05) is 0 Å². The fraction of sp³-hybridized carbons (Fsp3) is 0.0377. The molecule has 0 saturated carbocycles. The molecule has 0 amide bonds. The number of aryl methyl sites for hydroxylation is 1. The number of nitrogen functional groups attached to an aromatic ring is 1. The first-order chi connectivity index (χ1) is 28.5. The van der Waals surface area contributed by atoms with Gasteiger partial charge in [0.25, 0.3) is 0 Å². The Labute approximate surface area is 341 Å². The van der Waals surface area contributed by atoms with Crippen molar-refractivity contribution in [3.63, 3.8) is 0 Å². The number of nitrogens with one attached hydrogen (secondary N) is 1. The van der Waals surface area contributed by atoms with E-state index in [9.17, 15) is 0 Å². The molecule has 0 aliphatic heterocycles. The van der Waals surface area contributed by atoms with Gasteiger partial charge in [-0.1, -0.05) is 157 Å². The second-order valence-corrected chi connectivity index (χ2v) is 15.5. The third-order valence-corrected chi connectivity index (χ3v) is 11.9. The summed E-state index contributed by atoms with van der Waals surface area (Å²) in [4.78, 5) is 0. The number of thiophene rings is 1. The average Bonchev–Trinajstić information content (AvgIpc) is 3.85. The highest BCUT2D eigenvalue weighted by atomic mass is 32.1. The van der Waals surface area contributed by atoms with Gasteiger partial charge in [0, 0.05) is 43.1 Å². The van der Waals surface area contributed by atoms with Crippen molar-refractivity contribution in [3.05, 3.63) is 205 Å². The molecule has 2 aromatic heterocycles. The first-order valence-corrected chi connectivity index (χ1v) is 20.2. The maximum Gasteiger partial charge on any atom is 0.136 e. The molecule has 9 aromatic carbocycles. The summed E-state index contributed by atoms with van der Waals surface area (Å²) in [5, 5.41) is 17.5. The van der Waals surface area contributed by atoms with E-state index in [1.54, 1.807) is 0 Å². The highest BCUT2D eigenvalue weighted by Crippen LogP contribution is 2.41. The number of amidine groups is 1. The lowest BCUT2D eigenvalue weighted by atomic mass is 9.92. The van der Waals surface area contributed by atoms with Gasteiger partial charge in [-0.25, -0.2) is 0 Å². The molecule has 0 aliphatic carbocycles. The van der Waals surface area contributed by atoms with E-state index in [1.807, 2.05) is 65.9 Å². The minimum Gasteiger partial charge on any atom is -0.456 e. The van der Waals surface area contributed by atoms with E-state index in [0.717, 1.165) is 38.6 Å². The topological polar surface area (TPSA) is 89.0 Å². The summed E-state index contributed by atoms with van der Waals surface area (Å²) < 4.78 is 8.94. The van der Waals surface area contributed by atoms with Crippen LogP contribution in [-0.4, -0.2) is 5.84 Å². The molecular formula is C53H41N3OS. The van der Waals surface area contributed by atoms with Crippen LogP contribution in [0.4, 0.5) is 0 Å². The van der Waals surface area contributed by atoms with E-state index < -0.39 is 0 Å². The van der Waals surface area contributed by atoms with E-state index in [2.05, 4.69) is 140 Å². The minimum atomic E-state index is 0.0702. The maximum atomic E-state index is 7.70. The van der Waals surface area contributed by atoms with Gasteiger partial charge in [-0.15, -0.1) is 11.3 Å². The Morgan fingerprint density at radius 3 is 1.91 bits per heavy atom. The maximum absolute atomic E-state index is 7.70. The zero-order valence-corrected chi connectivity index (χ0v) is 32.9. The van der Waals surface area contributed by atoms with Crippen LogP contribution in [0.1, 0.15) is 16.7 Å². The summed E-state index contributed by atoms with van der Waals surface area (Å²) in [6, 6.07) is 65.1. The second-order valence-electron chi connectivity index (χ2n) is 14.4. The third-order valence-electron chi connectivity index (χ3n) is 10.7. The minimum absolute atomic E-state index is 0.0702. The van der Waals surface area contributed by atoms with Gasteiger partial charge >= 0.3 is 0 Å². The largest absolute Gasteiger partial charge is 0.456 e. The normalized spacial score (nSPS) is 11.1. The van der Waals surface area contributed by atoms with Crippen LogP contribution in [0.25, 0.3) is 85.9 Å². The van der Waals surface area contributed by atoms with Crippen LogP contribution in [0.15, 0.2) is 192 Å². The van der Waals surface area contributed by atoms with Crippen molar-refractivity contribution in [1.82, 2.24) is 0 Å². The van der Waals surface area contributed by atoms with E-state index in [4.69, 9.17) is 21.3 Å². The van der Waals surface area contributed by atoms with Gasteiger partial charge in [0.05, 0.1) is 0 Å². The van der Waals surface area contributed by atoms with Gasteiger partial charge in [-0.3, -0.25) is 5.41 Å². The first kappa shape index (κ1) is 36.6. The predicted molar refractivity (Wildman–Crippen MR) is 249 cm³/mol. The Bertz CT molecular complexity index is 3250. The molecule has 0 aliphatic rings. The molecule has 5 N–H and O–H groups in total. The number of benzene rings is 9. The highest BCUT2D eigenvalue weighted by Gasteiger charge is 2.15. The summed E-state index contributed by atoms with van der Waals surface area (Å²) in [5.74, 6) is 0.0702. The van der Waals surface area contributed by atoms with E-state index in [1.165, 1.54) is 58.4 Å². The van der Waals surface area contributed by atoms with Gasteiger partial charge in [0.15, 0.2) is 0 Å². The van der Waals surface area contributed by atoms with Crippen molar-refractivity contribution < 1.29 is 4.42 Å². The third kappa shape index (κ3) is 6.98. The molecule has 0 spiro atoms. The number of rotatable bonds is 4. The first-order valence-electron chi connectivity index (χ1n) is 19.4. The van der Waals surface area contributed by atoms with Crippen LogP contribution in [-0.2, 0) is 6.54 Å². The van der Waals surface area contributed by atoms with E-state index in [0.29, 0.717) is 12.1 Å². The monoisotopic (exact) mass is 767 g/mol. The molecule has 0 bridgehead atoms. The number of hydrogen-bond acceptors (Lipinski definition) is 4. The SMILES string of the molecule is Cc1ccccc1.N=C(N)c1ccc(-c2cccc3oc4ccc(-c5cc6ccccc6c6ccccc56)cc4c23)cc1.NCc1cccc2sc3ccccc3c12. The summed E-state index contributed by atoms with van der Waals surface area (Å²) in [5.41, 5.74) is 21.0. The molecular weight excluding hydrogens is 727 g/mol. The molecule has 11 aromatic rings. The molecule has 4 nitrogen and oxygen atoms in total. The lowest BCUT2D eigenvalue weighted by molar-refractivity contribution is 0.669. The van der Waals surface area contributed by atoms with E-state index in [-0.39, 0.29) is 5.84 Å². The smallest absolute Gasteiger partial charge is 0.136 e. The molecule has 280 valence electrons. The Balaban J connectivity index is 0.000000161. The molecule has 2 heterocycles. The quantitative estimate of drug-likeness (QED) is 0.0946. The lowest BCUT2D eigenvalue weighted by Crippen LogP contribution is -2.10. The number of hydrogen-bond donors (Lipinski definition) is 3. The summed E-state index contributed by atoms with van der Waals surface area (Å²) in [7, 11) is 0. The molecule has 0 atom stereocenters. The van der Waals surface area contributed by atoms with Gasteiger partial charge in [0.1, 0.15) is 17.0 Å². The van der Waals surface area contributed by atoms with Crippen LogP contribution in [0.2, 0.25) is 0 Å². The molecule has 0 saturated heterocycles. The Kier molecular flexibility index (Phi) is 9.98. The van der Waals surface area contributed by atoms with Crippen molar-refractivity contribution in [3.8, 4) is 22.3 Å². The standard InChI is InChI=1S/C33H22N2O.C13H11NS.C7H8/c34-33(35)21-14-12-20(13-15-21)25-10-5-11-31-32(25)29-19-23(16-17-30(29)36-31)28-18-22-6-1-2-7-24(22)26-8-3-4-9-27(26)28;14-8-9-4-3-7-12-13(9)10-5-1-2-6-11(10)15-12;1-7-5-3-2-4-6-7/h1-19H,(H3,34,35);1-7H,8,14H2;2-6H,1H3. The van der Waals surface area contributed by atoms with E-state index >= 15 is 0 Å². The van der Waals surface area contributed by atoms with Crippen molar-refractivity contribution >= 4 is 80.8 Å². The zero-order valence-electron chi connectivity index (χ0n) is 32.1. The van der Waals surface area contributed by atoms with Gasteiger partial charge in [0.2, 0.25) is 0 Å².